The van der Waals surface area contributed by atoms with Crippen molar-refractivity contribution in [3.8, 4) is 0 Å². The van der Waals surface area contributed by atoms with Gasteiger partial charge in [0.1, 0.15) is 0 Å². The second-order valence-electron chi connectivity index (χ2n) is 2.71. The van der Waals surface area contributed by atoms with Crippen molar-refractivity contribution < 1.29 is 8.22 Å². The van der Waals surface area contributed by atoms with Crippen LogP contribution in [0.4, 0.5) is 0 Å². The second kappa shape index (κ2) is 4.43. The Kier molecular flexibility index (Phi) is 1.31. The lowest BCUT2D eigenvalue weighted by Crippen LogP contribution is -1.70. The lowest BCUT2D eigenvalue weighted by atomic mass is 10.1. The molecule has 0 heterocycles. The lowest BCUT2D eigenvalue weighted by molar-refractivity contribution is 1.65. The van der Waals surface area contributed by atoms with E-state index in [1.165, 1.54) is 6.08 Å². The van der Waals surface area contributed by atoms with Gasteiger partial charge in [0, 0.05) is 0 Å². The van der Waals surface area contributed by atoms with E-state index in [0.29, 0.717) is 6.04 Å². The molecule has 68 valence electrons. The quantitative estimate of drug-likeness (QED) is 0.625. The Morgan fingerprint density at radius 2 is 1.43 bits per heavy atom. The molecule has 0 aromatic heterocycles. The van der Waals surface area contributed by atoms with E-state index in [4.69, 9.17) is 8.22 Å². The molecule has 0 aliphatic rings. The SMILES string of the molecule is [2H]c1ccc(/C=C/c2c([2H])c([2H])c([2H])c([2H])c2[2H])cc1. The maximum absolute atomic E-state index is 7.78. The maximum Gasteiger partial charge on any atom is 0.0629 e. The molecular formula is C14H12. The van der Waals surface area contributed by atoms with E-state index in [2.05, 4.69) is 0 Å². The minimum absolute atomic E-state index is 0.158. The zero-order valence-electron chi connectivity index (χ0n) is 13.5. The van der Waals surface area contributed by atoms with Crippen molar-refractivity contribution in [2.24, 2.45) is 0 Å². The van der Waals surface area contributed by atoms with E-state index in [9.17, 15) is 0 Å². The summed E-state index contributed by atoms with van der Waals surface area (Å²) in [6, 6.07) is 5.60. The molecule has 0 nitrogen and oxygen atoms in total. The van der Waals surface area contributed by atoms with Gasteiger partial charge in [-0.2, -0.15) is 0 Å². The normalized spacial score (nSPS) is 16.6. The Morgan fingerprint density at radius 1 is 0.786 bits per heavy atom. The van der Waals surface area contributed by atoms with E-state index in [-0.39, 0.29) is 29.7 Å². The zero-order chi connectivity index (χ0) is 14.9. The third-order valence-corrected chi connectivity index (χ3v) is 1.71. The summed E-state index contributed by atoms with van der Waals surface area (Å²) in [7, 11) is 0. The number of rotatable bonds is 2. The molecule has 0 saturated carbocycles. The molecule has 0 unspecified atom stereocenters. The highest BCUT2D eigenvalue weighted by molar-refractivity contribution is 5.69. The van der Waals surface area contributed by atoms with Gasteiger partial charge in [0.25, 0.3) is 0 Å². The average molecular weight is 186 g/mol. The van der Waals surface area contributed by atoms with Gasteiger partial charge in [-0.3, -0.25) is 0 Å². The fraction of sp³-hybridized carbons (Fsp3) is 0. The molecule has 0 amide bonds. The van der Waals surface area contributed by atoms with E-state index in [1.54, 1.807) is 30.3 Å². The summed E-state index contributed by atoms with van der Waals surface area (Å²) < 4.78 is 45.6. The Balaban J connectivity index is 2.46. The minimum Gasteiger partial charge on any atom is -0.0622 e. The van der Waals surface area contributed by atoms with Crippen LogP contribution in [0, 0.1) is 0 Å². The van der Waals surface area contributed by atoms with Gasteiger partial charge < -0.3 is 0 Å². The molecule has 0 aliphatic carbocycles. The topological polar surface area (TPSA) is 0 Å². The fourth-order valence-electron chi connectivity index (χ4n) is 1.03. The Hall–Kier alpha value is -1.82. The van der Waals surface area contributed by atoms with Crippen molar-refractivity contribution in [2.45, 2.75) is 0 Å². The molecule has 2 aromatic carbocycles. The van der Waals surface area contributed by atoms with Crippen LogP contribution in [0.25, 0.3) is 12.2 Å². The summed E-state index contributed by atoms with van der Waals surface area (Å²) in [5.41, 5.74) is 0.957. The number of hydrogen-bond acceptors (Lipinski definition) is 0. The molecule has 2 rings (SSSR count). The van der Waals surface area contributed by atoms with Crippen LogP contribution in [-0.4, -0.2) is 0 Å². The predicted octanol–water partition coefficient (Wildman–Crippen LogP) is 3.86. The van der Waals surface area contributed by atoms with Crippen LogP contribution in [0.15, 0.2) is 60.5 Å². The molecule has 0 radical (unpaired) electrons. The van der Waals surface area contributed by atoms with Crippen molar-refractivity contribution in [2.75, 3.05) is 0 Å². The molecule has 14 heavy (non-hydrogen) atoms. The van der Waals surface area contributed by atoms with Crippen LogP contribution in [0.1, 0.15) is 19.4 Å². The van der Waals surface area contributed by atoms with Gasteiger partial charge in [-0.05, 0) is 11.1 Å². The second-order valence-corrected chi connectivity index (χ2v) is 2.71. The summed E-state index contributed by atoms with van der Waals surface area (Å²) in [4.78, 5) is 0. The molecule has 0 heteroatoms. The summed E-state index contributed by atoms with van der Waals surface area (Å²) in [6.07, 6.45) is 3.16. The van der Waals surface area contributed by atoms with Gasteiger partial charge in [0.2, 0.25) is 0 Å². The van der Waals surface area contributed by atoms with Gasteiger partial charge in [-0.15, -0.1) is 0 Å². The summed E-state index contributed by atoms with van der Waals surface area (Å²) in [6.45, 7) is 0. The van der Waals surface area contributed by atoms with Gasteiger partial charge >= 0.3 is 0 Å². The standard InChI is InChI=1S/C14H12/c1-3-7-13(8-4-1)11-12-14-9-5-2-6-10-14/h1-12H/b12-11+/i1D,2D,3D,4D,7D,8D. The van der Waals surface area contributed by atoms with Crippen molar-refractivity contribution >= 4 is 12.2 Å². The largest absolute Gasteiger partial charge is 0.0629 e. The van der Waals surface area contributed by atoms with Crippen LogP contribution >= 0.6 is 0 Å². The molecule has 0 bridgehead atoms. The first-order valence-electron chi connectivity index (χ1n) is 7.23. The van der Waals surface area contributed by atoms with Crippen LogP contribution in [-0.2, 0) is 0 Å². The number of benzene rings is 2. The molecule has 0 atom stereocenters. The Bertz CT molecular complexity index is 644. The summed E-state index contributed by atoms with van der Waals surface area (Å²) in [5, 5.41) is 0. The summed E-state index contributed by atoms with van der Waals surface area (Å²) >= 11 is 0. The first-order valence-corrected chi connectivity index (χ1v) is 4.23. The lowest BCUT2D eigenvalue weighted by Gasteiger charge is -1.92. The molecular weight excluding hydrogens is 168 g/mol. The van der Waals surface area contributed by atoms with Gasteiger partial charge in [-0.25, -0.2) is 0 Å². The predicted molar refractivity (Wildman–Crippen MR) is 61.8 cm³/mol. The zero-order valence-corrected chi connectivity index (χ0v) is 7.46. The Labute approximate surface area is 93.0 Å². The molecule has 0 fully saturated rings. The number of hydrogen-bond donors (Lipinski definition) is 0. The monoisotopic (exact) mass is 186 g/mol. The van der Waals surface area contributed by atoms with E-state index >= 15 is 0 Å². The molecule has 0 N–H and O–H groups in total. The highest BCUT2D eigenvalue weighted by atomic mass is 13.9. The molecule has 0 spiro atoms. The first-order chi connectivity index (χ1) is 9.41. The average Bonchev–Trinajstić information content (AvgIpc) is 2.45. The Morgan fingerprint density at radius 3 is 2.14 bits per heavy atom. The van der Waals surface area contributed by atoms with Crippen LogP contribution in [0.3, 0.4) is 0 Å². The van der Waals surface area contributed by atoms with Gasteiger partial charge in [0.15, 0.2) is 0 Å². The van der Waals surface area contributed by atoms with Crippen molar-refractivity contribution in [1.29, 1.82) is 0 Å². The first kappa shape index (κ1) is 4.14. The van der Waals surface area contributed by atoms with Crippen molar-refractivity contribution in [3.05, 3.63) is 71.6 Å². The van der Waals surface area contributed by atoms with Crippen LogP contribution in [0.5, 0.6) is 0 Å². The van der Waals surface area contributed by atoms with E-state index < -0.39 is 6.04 Å². The minimum atomic E-state index is -0.393. The fourth-order valence-corrected chi connectivity index (χ4v) is 1.03. The maximum atomic E-state index is 7.78. The van der Waals surface area contributed by atoms with E-state index in [0.717, 1.165) is 5.56 Å². The van der Waals surface area contributed by atoms with Gasteiger partial charge in [0.05, 0.1) is 8.22 Å². The molecule has 0 saturated heterocycles. The molecule has 2 aromatic rings. The third kappa shape index (κ3) is 2.33. The van der Waals surface area contributed by atoms with Crippen LogP contribution in [0.2, 0.25) is 0 Å². The van der Waals surface area contributed by atoms with Gasteiger partial charge in [-0.1, -0.05) is 72.7 Å². The van der Waals surface area contributed by atoms with Crippen molar-refractivity contribution in [3.63, 3.8) is 0 Å². The smallest absolute Gasteiger partial charge is 0.0622 e. The highest BCUT2D eigenvalue weighted by Crippen LogP contribution is 2.06. The van der Waals surface area contributed by atoms with Crippen LogP contribution < -0.4 is 0 Å². The summed E-state index contributed by atoms with van der Waals surface area (Å²) in [5.74, 6) is 0. The van der Waals surface area contributed by atoms with E-state index in [1.807, 2.05) is 0 Å². The highest BCUT2D eigenvalue weighted by Gasteiger charge is 1.84. The third-order valence-electron chi connectivity index (χ3n) is 1.71. The van der Waals surface area contributed by atoms with Crippen molar-refractivity contribution in [1.82, 2.24) is 0 Å². The molecule has 0 aliphatic heterocycles.